The minimum Gasteiger partial charge on any atom is -0.486 e. The van der Waals surface area contributed by atoms with E-state index in [1.165, 1.54) is 0 Å². The molecule has 0 radical (unpaired) electrons. The molecule has 0 atom stereocenters. The summed E-state index contributed by atoms with van der Waals surface area (Å²) in [5.41, 5.74) is 1.11. The maximum atomic E-state index is 12.4. The van der Waals surface area contributed by atoms with Crippen LogP contribution in [0.3, 0.4) is 0 Å². The molecule has 0 saturated carbocycles. The number of aromatic nitrogens is 2. The van der Waals surface area contributed by atoms with Gasteiger partial charge < -0.3 is 15.4 Å². The lowest BCUT2D eigenvalue weighted by molar-refractivity contribution is 0.0951. The lowest BCUT2D eigenvalue weighted by Gasteiger charge is -2.08. The van der Waals surface area contributed by atoms with Gasteiger partial charge in [-0.1, -0.05) is 36.8 Å². The van der Waals surface area contributed by atoms with Crippen molar-refractivity contribution in [3.8, 4) is 5.75 Å². The van der Waals surface area contributed by atoms with Crippen LogP contribution < -0.4 is 15.4 Å². The molecule has 1 heterocycles. The van der Waals surface area contributed by atoms with Gasteiger partial charge in [-0.3, -0.25) is 9.59 Å². The van der Waals surface area contributed by atoms with Crippen molar-refractivity contribution in [2.24, 2.45) is 5.92 Å². The van der Waals surface area contributed by atoms with Crippen molar-refractivity contribution in [3.05, 3.63) is 69.1 Å². The van der Waals surface area contributed by atoms with Crippen molar-refractivity contribution in [2.75, 3.05) is 11.9 Å². The Balaban J connectivity index is 1.50. The molecule has 0 aliphatic rings. The Labute approximate surface area is 189 Å². The molecule has 2 N–H and O–H groups in total. The molecule has 0 fully saturated rings. The van der Waals surface area contributed by atoms with Crippen LogP contribution >= 0.6 is 22.9 Å². The van der Waals surface area contributed by atoms with E-state index in [0.29, 0.717) is 39.5 Å². The first-order chi connectivity index (χ1) is 14.9. The number of carbonyl (C=O) groups is 2. The number of carbonyl (C=O) groups excluding carboxylic acids is 2. The van der Waals surface area contributed by atoms with Crippen LogP contribution in [0.15, 0.2) is 48.5 Å². The van der Waals surface area contributed by atoms with Crippen molar-refractivity contribution in [1.29, 1.82) is 0 Å². The fraction of sp³-hybridized carbons (Fsp3) is 0.273. The first kappa shape index (κ1) is 22.7. The average Bonchev–Trinajstić information content (AvgIpc) is 3.23. The molecule has 0 aliphatic carbocycles. The first-order valence-electron chi connectivity index (χ1n) is 9.81. The van der Waals surface area contributed by atoms with E-state index in [-0.39, 0.29) is 23.4 Å². The van der Waals surface area contributed by atoms with Gasteiger partial charge >= 0.3 is 0 Å². The van der Waals surface area contributed by atoms with E-state index >= 15 is 0 Å². The van der Waals surface area contributed by atoms with Crippen LogP contribution in [0.1, 0.15) is 45.4 Å². The molecular weight excluding hydrogens is 436 g/mol. The third kappa shape index (κ3) is 7.04. The molecule has 3 aromatic rings. The fourth-order valence-corrected chi connectivity index (χ4v) is 3.32. The second-order valence-electron chi connectivity index (χ2n) is 7.21. The Morgan fingerprint density at radius 1 is 1.03 bits per heavy atom. The van der Waals surface area contributed by atoms with Crippen LogP contribution in [0.5, 0.6) is 5.75 Å². The summed E-state index contributed by atoms with van der Waals surface area (Å²) in [6.45, 7) is 5.05. The summed E-state index contributed by atoms with van der Waals surface area (Å²) >= 11 is 7.00. The number of nitrogens with zero attached hydrogens (tertiary/aromatic N) is 2. The van der Waals surface area contributed by atoms with Crippen molar-refractivity contribution in [2.45, 2.75) is 26.9 Å². The summed E-state index contributed by atoms with van der Waals surface area (Å²) in [5.74, 6) is 0.680. The number of nitrogens with one attached hydrogen (secondary N) is 2. The van der Waals surface area contributed by atoms with Gasteiger partial charge in [0.1, 0.15) is 12.4 Å². The second kappa shape index (κ2) is 10.9. The highest BCUT2D eigenvalue weighted by atomic mass is 35.5. The number of rotatable bonds is 9. The lowest BCUT2D eigenvalue weighted by Crippen LogP contribution is -2.25. The lowest BCUT2D eigenvalue weighted by atomic mass is 10.1. The maximum absolute atomic E-state index is 12.4. The number of hydrogen-bond donors (Lipinski definition) is 2. The van der Waals surface area contributed by atoms with Crippen LogP contribution in [0.4, 0.5) is 5.69 Å². The van der Waals surface area contributed by atoms with Gasteiger partial charge in [0, 0.05) is 22.8 Å². The molecule has 9 heteroatoms. The predicted molar refractivity (Wildman–Crippen MR) is 122 cm³/mol. The number of anilines is 1. The zero-order valence-corrected chi connectivity index (χ0v) is 18.8. The summed E-state index contributed by atoms with van der Waals surface area (Å²) in [7, 11) is 0. The predicted octanol–water partition coefficient (Wildman–Crippen LogP) is 4.80. The molecule has 2 amide bonds. The van der Waals surface area contributed by atoms with Gasteiger partial charge in [0.15, 0.2) is 5.01 Å². The van der Waals surface area contributed by atoms with Crippen molar-refractivity contribution in [1.82, 2.24) is 15.5 Å². The van der Waals surface area contributed by atoms with Crippen molar-refractivity contribution in [3.63, 3.8) is 0 Å². The number of amides is 2. The maximum Gasteiger partial charge on any atom is 0.286 e. The molecule has 0 saturated heterocycles. The van der Waals surface area contributed by atoms with E-state index in [1.807, 2.05) is 0 Å². The molecule has 0 aliphatic heterocycles. The van der Waals surface area contributed by atoms with Crippen LogP contribution in [0.2, 0.25) is 5.02 Å². The minimum absolute atomic E-state index is 0.132. The van der Waals surface area contributed by atoms with E-state index in [0.717, 1.165) is 17.8 Å². The van der Waals surface area contributed by atoms with Gasteiger partial charge in [-0.05, 0) is 60.9 Å². The molecule has 3 rings (SSSR count). The fourth-order valence-electron chi connectivity index (χ4n) is 2.55. The SMILES string of the molecule is CC(C)CCNC(=O)c1ccc(NC(=O)c2nnc(COc3ccc(Cl)cc3)s2)cc1. The van der Waals surface area contributed by atoms with Crippen molar-refractivity contribution >= 4 is 40.4 Å². The van der Waals surface area contributed by atoms with E-state index in [2.05, 4.69) is 34.7 Å². The quantitative estimate of drug-likeness (QED) is 0.480. The monoisotopic (exact) mass is 458 g/mol. The Morgan fingerprint density at radius 3 is 2.42 bits per heavy atom. The number of ether oxygens (including phenoxy) is 1. The van der Waals surface area contributed by atoms with E-state index in [9.17, 15) is 9.59 Å². The smallest absolute Gasteiger partial charge is 0.286 e. The Hall–Kier alpha value is -2.97. The molecule has 1 aromatic heterocycles. The van der Waals surface area contributed by atoms with Crippen LogP contribution in [-0.4, -0.2) is 28.6 Å². The zero-order chi connectivity index (χ0) is 22.2. The Morgan fingerprint density at radius 2 is 1.74 bits per heavy atom. The molecule has 0 bridgehead atoms. The Bertz CT molecular complexity index is 1020. The van der Waals surface area contributed by atoms with Crippen LogP contribution in [-0.2, 0) is 6.61 Å². The third-order valence-corrected chi connectivity index (χ3v) is 5.40. The van der Waals surface area contributed by atoms with E-state index in [1.54, 1.807) is 48.5 Å². The third-order valence-electron chi connectivity index (χ3n) is 4.25. The minimum atomic E-state index is -0.371. The summed E-state index contributed by atoms with van der Waals surface area (Å²) in [6, 6.07) is 13.7. The van der Waals surface area contributed by atoms with Gasteiger partial charge in [0.2, 0.25) is 5.01 Å². The van der Waals surface area contributed by atoms with E-state index < -0.39 is 0 Å². The number of halogens is 1. The molecular formula is C22H23ClN4O3S. The highest BCUT2D eigenvalue weighted by Gasteiger charge is 2.14. The molecule has 162 valence electrons. The Kier molecular flexibility index (Phi) is 7.97. The summed E-state index contributed by atoms with van der Waals surface area (Å²) in [6.07, 6.45) is 0.925. The molecule has 0 unspecified atom stereocenters. The standard InChI is InChI=1S/C22H23ClN4O3S/c1-14(2)11-12-24-20(28)15-3-7-17(8-4-15)25-21(29)22-27-26-19(31-22)13-30-18-9-5-16(23)6-10-18/h3-10,14H,11-13H2,1-2H3,(H,24,28)(H,25,29). The summed E-state index contributed by atoms with van der Waals surface area (Å²) in [4.78, 5) is 24.6. The van der Waals surface area contributed by atoms with Crippen molar-refractivity contribution < 1.29 is 14.3 Å². The summed E-state index contributed by atoms with van der Waals surface area (Å²) < 4.78 is 5.61. The summed E-state index contributed by atoms with van der Waals surface area (Å²) in [5, 5.41) is 15.0. The second-order valence-corrected chi connectivity index (χ2v) is 8.71. The molecule has 7 nitrogen and oxygen atoms in total. The van der Waals surface area contributed by atoms with Gasteiger partial charge in [-0.25, -0.2) is 0 Å². The molecule has 31 heavy (non-hydrogen) atoms. The molecule has 0 spiro atoms. The van der Waals surface area contributed by atoms with Gasteiger partial charge in [0.25, 0.3) is 11.8 Å². The topological polar surface area (TPSA) is 93.2 Å². The largest absolute Gasteiger partial charge is 0.486 e. The van der Waals surface area contributed by atoms with Gasteiger partial charge in [0.05, 0.1) is 0 Å². The number of hydrogen-bond acceptors (Lipinski definition) is 6. The normalized spacial score (nSPS) is 10.7. The van der Waals surface area contributed by atoms with Gasteiger partial charge in [-0.15, -0.1) is 10.2 Å². The number of benzene rings is 2. The van der Waals surface area contributed by atoms with E-state index in [4.69, 9.17) is 16.3 Å². The zero-order valence-electron chi connectivity index (χ0n) is 17.2. The first-order valence-corrected chi connectivity index (χ1v) is 11.0. The highest BCUT2D eigenvalue weighted by Crippen LogP contribution is 2.19. The van der Waals surface area contributed by atoms with Crippen LogP contribution in [0, 0.1) is 5.92 Å². The molecule has 2 aromatic carbocycles. The van der Waals surface area contributed by atoms with Crippen LogP contribution in [0.25, 0.3) is 0 Å². The average molecular weight is 459 g/mol. The highest BCUT2D eigenvalue weighted by molar-refractivity contribution is 7.13. The van der Waals surface area contributed by atoms with Gasteiger partial charge in [-0.2, -0.15) is 0 Å².